The molecule has 1 fully saturated rings. The van der Waals surface area contributed by atoms with Gasteiger partial charge in [0.15, 0.2) is 0 Å². The monoisotopic (exact) mass is 269 g/mol. The molecule has 1 aliphatic rings. The van der Waals surface area contributed by atoms with Crippen molar-refractivity contribution in [3.63, 3.8) is 0 Å². The van der Waals surface area contributed by atoms with E-state index in [1.54, 1.807) is 0 Å². The van der Waals surface area contributed by atoms with Crippen LogP contribution < -0.4 is 0 Å². The first kappa shape index (κ1) is 15.7. The minimum atomic E-state index is -0.945. The summed E-state index contributed by atoms with van der Waals surface area (Å²) in [4.78, 5) is 36.3. The number of carbonyl (C=O) groups excluding carboxylic acids is 2. The number of likely N-dealkylation sites (tertiary alicyclic amines) is 1. The van der Waals surface area contributed by atoms with Crippen LogP contribution in [0.1, 0.15) is 47.0 Å². The first-order valence-corrected chi connectivity index (χ1v) is 6.68. The molecule has 1 saturated heterocycles. The van der Waals surface area contributed by atoms with E-state index in [4.69, 9.17) is 0 Å². The molecule has 19 heavy (non-hydrogen) atoms. The van der Waals surface area contributed by atoms with Gasteiger partial charge < -0.3 is 5.11 Å². The third-order valence-electron chi connectivity index (χ3n) is 3.37. The number of rotatable bonds is 5. The van der Waals surface area contributed by atoms with Gasteiger partial charge in [0.2, 0.25) is 11.8 Å². The third kappa shape index (κ3) is 4.33. The van der Waals surface area contributed by atoms with Gasteiger partial charge in [0, 0.05) is 19.4 Å². The van der Waals surface area contributed by atoms with Gasteiger partial charge in [-0.1, -0.05) is 27.7 Å². The van der Waals surface area contributed by atoms with Crippen LogP contribution in [0.25, 0.3) is 0 Å². The summed E-state index contributed by atoms with van der Waals surface area (Å²) in [6.07, 6.45) is 1.06. The maximum absolute atomic E-state index is 12.0. The van der Waals surface area contributed by atoms with Crippen LogP contribution in [0.2, 0.25) is 0 Å². The standard InChI is InChI=1S/C14H23NO4/c1-9(2)5-10(13(18)19)8-15-11(16)6-14(3,4)7-12(15)17/h9-10H,5-8H2,1-4H3,(H,18,19). The van der Waals surface area contributed by atoms with Crippen molar-refractivity contribution in [3.8, 4) is 0 Å². The lowest BCUT2D eigenvalue weighted by atomic mass is 9.81. The van der Waals surface area contributed by atoms with E-state index < -0.39 is 11.9 Å². The Hall–Kier alpha value is -1.39. The van der Waals surface area contributed by atoms with Gasteiger partial charge in [0.05, 0.1) is 5.92 Å². The molecular formula is C14H23NO4. The lowest BCUT2D eigenvalue weighted by Crippen LogP contribution is -2.49. The number of piperidine rings is 1. The Morgan fingerprint density at radius 3 is 2.11 bits per heavy atom. The van der Waals surface area contributed by atoms with Crippen molar-refractivity contribution in [3.05, 3.63) is 0 Å². The topological polar surface area (TPSA) is 74.7 Å². The molecule has 0 spiro atoms. The Kier molecular flexibility index (Phi) is 4.71. The van der Waals surface area contributed by atoms with Crippen LogP contribution in [0.3, 0.4) is 0 Å². The van der Waals surface area contributed by atoms with Gasteiger partial charge >= 0.3 is 5.97 Å². The highest BCUT2D eigenvalue weighted by Crippen LogP contribution is 2.32. The fourth-order valence-electron chi connectivity index (χ4n) is 2.46. The van der Waals surface area contributed by atoms with Crippen molar-refractivity contribution in [2.45, 2.75) is 47.0 Å². The van der Waals surface area contributed by atoms with Gasteiger partial charge in [-0.3, -0.25) is 19.3 Å². The van der Waals surface area contributed by atoms with Crippen LogP contribution in [0.5, 0.6) is 0 Å². The van der Waals surface area contributed by atoms with Gasteiger partial charge in [-0.2, -0.15) is 0 Å². The molecule has 0 radical (unpaired) electrons. The molecule has 5 heteroatoms. The van der Waals surface area contributed by atoms with Gasteiger partial charge in [0.1, 0.15) is 0 Å². The lowest BCUT2D eigenvalue weighted by Gasteiger charge is -2.35. The second-order valence-electron chi connectivity index (χ2n) is 6.58. The smallest absolute Gasteiger partial charge is 0.308 e. The predicted molar refractivity (Wildman–Crippen MR) is 70.3 cm³/mol. The van der Waals surface area contributed by atoms with Gasteiger partial charge in [-0.25, -0.2) is 0 Å². The van der Waals surface area contributed by atoms with E-state index >= 15 is 0 Å². The van der Waals surface area contributed by atoms with E-state index in [-0.39, 0.29) is 29.7 Å². The normalized spacial score (nSPS) is 20.8. The minimum absolute atomic E-state index is 0.00125. The van der Waals surface area contributed by atoms with Crippen LogP contribution in [0, 0.1) is 17.3 Å². The number of carboxylic acid groups (broad SMARTS) is 1. The van der Waals surface area contributed by atoms with E-state index in [1.807, 2.05) is 27.7 Å². The summed E-state index contributed by atoms with van der Waals surface area (Å²) < 4.78 is 0. The van der Waals surface area contributed by atoms with Crippen molar-refractivity contribution in [1.29, 1.82) is 0 Å². The zero-order chi connectivity index (χ0) is 14.8. The molecule has 0 aliphatic carbocycles. The number of nitrogens with zero attached hydrogens (tertiary/aromatic N) is 1. The highest BCUT2D eigenvalue weighted by atomic mass is 16.4. The highest BCUT2D eigenvalue weighted by molar-refractivity contribution is 5.98. The molecule has 0 aromatic carbocycles. The summed E-state index contributed by atoms with van der Waals surface area (Å²) in [6.45, 7) is 7.62. The zero-order valence-corrected chi connectivity index (χ0v) is 12.1. The van der Waals surface area contributed by atoms with Crippen LogP contribution >= 0.6 is 0 Å². The summed E-state index contributed by atoms with van der Waals surface area (Å²) in [6, 6.07) is 0. The molecule has 0 bridgehead atoms. The number of imide groups is 1. The van der Waals surface area contributed by atoms with Crippen LogP contribution in [0.4, 0.5) is 0 Å². The fourth-order valence-corrected chi connectivity index (χ4v) is 2.46. The van der Waals surface area contributed by atoms with Crippen LogP contribution in [-0.4, -0.2) is 34.3 Å². The largest absolute Gasteiger partial charge is 0.481 e. The quantitative estimate of drug-likeness (QED) is 0.774. The summed E-state index contributed by atoms with van der Waals surface area (Å²) >= 11 is 0. The molecule has 0 aromatic heterocycles. The first-order chi connectivity index (χ1) is 8.62. The molecule has 1 atom stereocenters. The number of aliphatic carboxylic acids is 1. The Morgan fingerprint density at radius 1 is 1.26 bits per heavy atom. The lowest BCUT2D eigenvalue weighted by molar-refractivity contribution is -0.155. The maximum atomic E-state index is 12.0. The summed E-state index contributed by atoms with van der Waals surface area (Å²) in [5, 5.41) is 9.18. The molecule has 1 heterocycles. The predicted octanol–water partition coefficient (Wildman–Crippen LogP) is 1.91. The molecular weight excluding hydrogens is 246 g/mol. The third-order valence-corrected chi connectivity index (χ3v) is 3.37. The molecule has 1 unspecified atom stereocenters. The van der Waals surface area contributed by atoms with Gasteiger partial charge in [-0.05, 0) is 17.8 Å². The molecule has 2 amide bonds. The SMILES string of the molecule is CC(C)CC(CN1C(=O)CC(C)(C)CC1=O)C(=O)O. The molecule has 1 N–H and O–H groups in total. The van der Waals surface area contributed by atoms with Crippen LogP contribution in [-0.2, 0) is 14.4 Å². The first-order valence-electron chi connectivity index (χ1n) is 6.68. The van der Waals surface area contributed by atoms with Gasteiger partial charge in [-0.15, -0.1) is 0 Å². The molecule has 0 aromatic rings. The van der Waals surface area contributed by atoms with E-state index in [9.17, 15) is 19.5 Å². The Labute approximate surface area is 114 Å². The van der Waals surface area contributed by atoms with Crippen molar-refractivity contribution in [1.82, 2.24) is 4.90 Å². The van der Waals surface area contributed by atoms with E-state index in [2.05, 4.69) is 0 Å². The van der Waals surface area contributed by atoms with Crippen molar-refractivity contribution < 1.29 is 19.5 Å². The zero-order valence-electron chi connectivity index (χ0n) is 12.1. The number of carboxylic acids is 1. The summed E-state index contributed by atoms with van der Waals surface area (Å²) in [5.74, 6) is -1.91. The minimum Gasteiger partial charge on any atom is -0.481 e. The Balaban J connectivity index is 2.76. The van der Waals surface area contributed by atoms with E-state index in [0.717, 1.165) is 4.90 Å². The molecule has 5 nitrogen and oxygen atoms in total. The summed E-state index contributed by atoms with van der Waals surface area (Å²) in [7, 11) is 0. The second-order valence-corrected chi connectivity index (χ2v) is 6.58. The molecule has 1 aliphatic heterocycles. The number of amides is 2. The van der Waals surface area contributed by atoms with E-state index in [0.29, 0.717) is 19.3 Å². The fraction of sp³-hybridized carbons (Fsp3) is 0.786. The van der Waals surface area contributed by atoms with Crippen molar-refractivity contribution in [2.24, 2.45) is 17.3 Å². The molecule has 1 rings (SSSR count). The number of hydrogen-bond acceptors (Lipinski definition) is 3. The highest BCUT2D eigenvalue weighted by Gasteiger charge is 2.39. The second kappa shape index (κ2) is 5.72. The van der Waals surface area contributed by atoms with E-state index in [1.165, 1.54) is 0 Å². The van der Waals surface area contributed by atoms with Crippen molar-refractivity contribution >= 4 is 17.8 Å². The Bertz CT molecular complexity index is 367. The van der Waals surface area contributed by atoms with Crippen LogP contribution in [0.15, 0.2) is 0 Å². The number of carbonyl (C=O) groups is 3. The molecule has 108 valence electrons. The molecule has 0 saturated carbocycles. The average molecular weight is 269 g/mol. The maximum Gasteiger partial charge on any atom is 0.308 e. The average Bonchev–Trinajstić information content (AvgIpc) is 2.19. The van der Waals surface area contributed by atoms with Crippen molar-refractivity contribution in [2.75, 3.05) is 6.54 Å². The number of hydrogen-bond donors (Lipinski definition) is 1. The summed E-state index contributed by atoms with van der Waals surface area (Å²) in [5.41, 5.74) is -0.318. The Morgan fingerprint density at radius 2 is 1.74 bits per heavy atom. The van der Waals surface area contributed by atoms with Gasteiger partial charge in [0.25, 0.3) is 0 Å².